The molecule has 0 atom stereocenters. The van der Waals surface area contributed by atoms with Gasteiger partial charge in [-0.05, 0) is 79.8 Å². The fraction of sp³-hybridized carbons (Fsp3) is 0.233. The van der Waals surface area contributed by atoms with E-state index in [1.165, 1.54) is 18.2 Å². The molecule has 0 fully saturated rings. The maximum absolute atomic E-state index is 13.9. The van der Waals surface area contributed by atoms with Crippen molar-refractivity contribution in [1.82, 2.24) is 9.55 Å². The summed E-state index contributed by atoms with van der Waals surface area (Å²) in [6, 6.07) is 15.3. The number of pyridine rings is 1. The van der Waals surface area contributed by atoms with E-state index in [0.29, 0.717) is 28.4 Å². The second-order valence-electron chi connectivity index (χ2n) is 9.64. The summed E-state index contributed by atoms with van der Waals surface area (Å²) in [5, 5.41) is 2.02. The van der Waals surface area contributed by atoms with Crippen LogP contribution >= 0.6 is 0 Å². The molecule has 7 heteroatoms. The third-order valence-corrected chi connectivity index (χ3v) is 7.70. The number of hydrogen-bond donors (Lipinski definition) is 1. The molecule has 2 aromatic heterocycles. The van der Waals surface area contributed by atoms with E-state index >= 15 is 0 Å². The highest BCUT2D eigenvalue weighted by Gasteiger charge is 2.21. The zero-order valence-electron chi connectivity index (χ0n) is 20.9. The molecule has 0 aliphatic heterocycles. The van der Waals surface area contributed by atoms with Crippen LogP contribution in [0.5, 0.6) is 0 Å². The fourth-order valence-corrected chi connectivity index (χ4v) is 5.66. The highest BCUT2D eigenvalue weighted by molar-refractivity contribution is 7.86. The average Bonchev–Trinajstić information content (AvgIpc) is 3.25. The van der Waals surface area contributed by atoms with Crippen LogP contribution in [-0.4, -0.2) is 18.0 Å². The number of nitrogens with zero attached hydrogens (tertiary/aromatic N) is 1. The quantitative estimate of drug-likeness (QED) is 0.199. The summed E-state index contributed by atoms with van der Waals surface area (Å²) in [6.07, 6.45) is 8.14. The van der Waals surface area contributed by atoms with Crippen molar-refractivity contribution in [3.63, 3.8) is 0 Å². The van der Waals surface area contributed by atoms with Gasteiger partial charge in [0.2, 0.25) is 0 Å². The van der Waals surface area contributed by atoms with Gasteiger partial charge in [0.25, 0.3) is 0 Å². The Morgan fingerprint density at radius 1 is 1.08 bits per heavy atom. The van der Waals surface area contributed by atoms with Crippen LogP contribution in [-0.2, 0) is 16.6 Å². The van der Waals surface area contributed by atoms with Crippen LogP contribution in [0.15, 0.2) is 64.3 Å². The van der Waals surface area contributed by atoms with E-state index in [1.54, 1.807) is 6.07 Å². The summed E-state index contributed by atoms with van der Waals surface area (Å²) in [6.45, 7) is 6.17. The molecule has 0 radical (unpaired) electrons. The second-order valence-corrected chi connectivity index (χ2v) is 11.0. The molecule has 0 unspecified atom stereocenters. The Balaban J connectivity index is 1.92. The summed E-state index contributed by atoms with van der Waals surface area (Å²) in [7, 11) is -4.86. The zero-order chi connectivity index (χ0) is 26.5. The smallest absolute Gasteiger partial charge is 0.332 e. The lowest BCUT2D eigenvalue weighted by Gasteiger charge is -2.19. The molecule has 5 aromatic rings. The molecule has 0 spiro atoms. The topological polar surface area (TPSA) is 71.9 Å². The molecule has 1 N–H and O–H groups in total. The number of benzene rings is 3. The summed E-state index contributed by atoms with van der Waals surface area (Å²) >= 11 is 0. The van der Waals surface area contributed by atoms with Crippen molar-refractivity contribution in [2.24, 2.45) is 0 Å². The number of fused-ring (bicyclic) bond motifs is 4. The first-order valence-corrected chi connectivity index (χ1v) is 13.7. The van der Waals surface area contributed by atoms with Crippen LogP contribution in [0.25, 0.3) is 44.0 Å². The van der Waals surface area contributed by atoms with E-state index in [9.17, 15) is 17.1 Å². The van der Waals surface area contributed by atoms with Gasteiger partial charge < -0.3 is 9.55 Å². The molecule has 2 heterocycles. The number of unbranched alkanes of at least 4 members (excludes halogenated alkanes) is 1. The van der Waals surface area contributed by atoms with Gasteiger partial charge in [-0.1, -0.05) is 37.5 Å². The molecule has 0 saturated heterocycles. The maximum Gasteiger partial charge on any atom is 0.332 e. The van der Waals surface area contributed by atoms with Gasteiger partial charge in [-0.25, -0.2) is 0 Å². The first-order valence-electron chi connectivity index (χ1n) is 12.3. The fourth-order valence-electron chi connectivity index (χ4n) is 5.15. The van der Waals surface area contributed by atoms with E-state index in [2.05, 4.69) is 22.4 Å². The van der Waals surface area contributed by atoms with Gasteiger partial charge in [0.05, 0.1) is 15.8 Å². The number of aromatic amines is 1. The number of halogens is 1. The predicted octanol–water partition coefficient (Wildman–Crippen LogP) is 6.87. The van der Waals surface area contributed by atoms with Crippen molar-refractivity contribution in [1.29, 1.82) is 0 Å². The minimum atomic E-state index is -4.86. The van der Waals surface area contributed by atoms with E-state index in [-0.39, 0.29) is 16.4 Å². The van der Waals surface area contributed by atoms with Crippen molar-refractivity contribution in [2.75, 3.05) is 0 Å². The summed E-state index contributed by atoms with van der Waals surface area (Å²) < 4.78 is 39.2. The monoisotopic (exact) mass is 514 g/mol. The standard InChI is InChI=1S/C30H27FN2O3S/c1-5-7-9-21-16-25-27(17-24(21)20-10-8-11-22(15-20)37(31,35)36)33(18(3)4)30-28(29(25)34)23-13-12-19(6-2)14-26(23)32-30/h2,8,10-18,32H,5,7,9H2,1,3-4H3. The molecule has 0 amide bonds. The van der Waals surface area contributed by atoms with Gasteiger partial charge >= 0.3 is 10.2 Å². The Morgan fingerprint density at radius 3 is 2.54 bits per heavy atom. The Kier molecular flexibility index (Phi) is 6.17. The van der Waals surface area contributed by atoms with E-state index in [4.69, 9.17) is 6.42 Å². The zero-order valence-corrected chi connectivity index (χ0v) is 21.7. The van der Waals surface area contributed by atoms with Crippen LogP contribution in [0.2, 0.25) is 0 Å². The van der Waals surface area contributed by atoms with Gasteiger partial charge in [-0.2, -0.15) is 8.42 Å². The second kappa shape index (κ2) is 9.20. The Morgan fingerprint density at radius 2 is 1.86 bits per heavy atom. The van der Waals surface area contributed by atoms with Crippen LogP contribution in [0.3, 0.4) is 0 Å². The van der Waals surface area contributed by atoms with Crippen molar-refractivity contribution >= 4 is 43.1 Å². The molecule has 0 bridgehead atoms. The normalized spacial score (nSPS) is 12.1. The Hall–Kier alpha value is -3.89. The van der Waals surface area contributed by atoms with Crippen LogP contribution in [0, 0.1) is 12.3 Å². The van der Waals surface area contributed by atoms with Crippen molar-refractivity contribution in [2.45, 2.75) is 51.0 Å². The first kappa shape index (κ1) is 24.8. The molecule has 37 heavy (non-hydrogen) atoms. The van der Waals surface area contributed by atoms with Gasteiger partial charge in [0.1, 0.15) is 5.65 Å². The van der Waals surface area contributed by atoms with Crippen LogP contribution < -0.4 is 5.43 Å². The molecule has 0 saturated carbocycles. The molecular weight excluding hydrogens is 487 g/mol. The number of nitrogens with one attached hydrogen (secondary N) is 1. The summed E-state index contributed by atoms with van der Waals surface area (Å²) in [5.74, 6) is 2.64. The van der Waals surface area contributed by atoms with E-state index < -0.39 is 10.2 Å². The van der Waals surface area contributed by atoms with Gasteiger partial charge in [-0.15, -0.1) is 10.3 Å². The number of aryl methyl sites for hydroxylation is 1. The molecule has 5 rings (SSSR count). The maximum atomic E-state index is 13.9. The third kappa shape index (κ3) is 4.21. The highest BCUT2D eigenvalue weighted by Crippen LogP contribution is 2.35. The highest BCUT2D eigenvalue weighted by atomic mass is 32.3. The summed E-state index contributed by atoms with van der Waals surface area (Å²) in [4.78, 5) is 17.0. The van der Waals surface area contributed by atoms with Gasteiger partial charge in [-0.3, -0.25) is 4.79 Å². The molecule has 3 aromatic carbocycles. The Bertz CT molecular complexity index is 1910. The van der Waals surface area contributed by atoms with Gasteiger partial charge in [0.15, 0.2) is 5.43 Å². The lowest BCUT2D eigenvalue weighted by atomic mass is 9.93. The van der Waals surface area contributed by atoms with Gasteiger partial charge in [0, 0.05) is 27.9 Å². The van der Waals surface area contributed by atoms with Crippen molar-refractivity contribution in [3.05, 3.63) is 75.9 Å². The van der Waals surface area contributed by atoms with Crippen LogP contribution in [0.1, 0.15) is 50.8 Å². The molecule has 0 aliphatic rings. The number of hydrogen-bond acceptors (Lipinski definition) is 3. The number of terminal acetylenes is 1. The van der Waals surface area contributed by atoms with E-state index in [1.807, 2.05) is 44.2 Å². The molecule has 188 valence electrons. The van der Waals surface area contributed by atoms with E-state index in [0.717, 1.165) is 46.0 Å². The average molecular weight is 515 g/mol. The van der Waals surface area contributed by atoms with Crippen LogP contribution in [0.4, 0.5) is 3.89 Å². The molecule has 0 aliphatic carbocycles. The van der Waals surface area contributed by atoms with Crippen molar-refractivity contribution in [3.8, 4) is 23.5 Å². The Labute approximate surface area is 215 Å². The minimum absolute atomic E-state index is 0.00216. The summed E-state index contributed by atoms with van der Waals surface area (Å²) in [5.41, 5.74) is 5.15. The van der Waals surface area contributed by atoms with Crippen molar-refractivity contribution < 1.29 is 12.3 Å². The molecule has 5 nitrogen and oxygen atoms in total. The lowest BCUT2D eigenvalue weighted by Crippen LogP contribution is -2.13. The SMILES string of the molecule is C#Cc1ccc2c(c1)[nH]c1c2c(=O)c2cc(CCCC)c(-c3cccc(S(=O)(=O)F)c3)cc2n1C(C)C. The lowest BCUT2D eigenvalue weighted by molar-refractivity contribution is 0.552. The minimum Gasteiger partial charge on any atom is -0.340 e. The molecular formula is C30H27FN2O3S. The number of rotatable bonds is 6. The third-order valence-electron chi connectivity index (χ3n) is 6.88. The first-order chi connectivity index (χ1) is 17.6. The predicted molar refractivity (Wildman–Crippen MR) is 148 cm³/mol. The largest absolute Gasteiger partial charge is 0.340 e. The number of H-pyrrole nitrogens is 1. The number of aromatic nitrogens is 2.